The largest absolute Gasteiger partial charge is 0.222 e. The van der Waals surface area contributed by atoms with E-state index in [1.54, 1.807) is 0 Å². The average Bonchev–Trinajstić information content (AvgIpc) is 2.39. The molecule has 0 aliphatic carbocycles. The van der Waals surface area contributed by atoms with Gasteiger partial charge in [-0.3, -0.25) is 0 Å². The first-order valence-corrected chi connectivity index (χ1v) is 9.70. The first kappa shape index (κ1) is 17.1. The van der Waals surface area contributed by atoms with Crippen molar-refractivity contribution in [3.8, 4) is 0 Å². The quantitative estimate of drug-likeness (QED) is 0.609. The van der Waals surface area contributed by atoms with Crippen molar-refractivity contribution >= 4 is 17.9 Å². The third kappa shape index (κ3) is 5.97. The summed E-state index contributed by atoms with van der Waals surface area (Å²) in [6.45, 7) is 4.75. The number of halogens is 1. The number of hydrogen-bond donors (Lipinski definition) is 0. The Morgan fingerprint density at radius 1 is 0.650 bits per heavy atom. The zero-order valence-electron chi connectivity index (χ0n) is 11.2. The number of benzene rings is 2. The molecule has 2 rings (SSSR count). The lowest BCUT2D eigenvalue weighted by atomic mass is 10.4. The summed E-state index contributed by atoms with van der Waals surface area (Å²) < 4.78 is 34.0. The summed E-state index contributed by atoms with van der Waals surface area (Å²) in [7, 11) is -6.09. The smallest absolute Gasteiger partial charge is 0.0985 e. The molecule has 2 aromatic rings. The molecule has 2 aromatic carbocycles. The fraction of sp³-hybridized carbons (Fsp3) is 0.143. The van der Waals surface area contributed by atoms with Crippen LogP contribution in [0.4, 0.5) is 0 Å². The van der Waals surface area contributed by atoms with Crippen molar-refractivity contribution in [1.29, 1.82) is 0 Å². The molecule has 0 unspecified atom stereocenters. The van der Waals surface area contributed by atoms with E-state index < -0.39 is 17.5 Å². The van der Waals surface area contributed by atoms with Crippen molar-refractivity contribution in [3.05, 3.63) is 60.7 Å². The van der Waals surface area contributed by atoms with Gasteiger partial charge in [-0.2, -0.15) is 0 Å². The molecular weight excluding hydrogens is 299 g/mol. The highest BCUT2D eigenvalue weighted by atomic mass is 35.7. The molecule has 0 saturated heterocycles. The predicted octanol–water partition coefficient (Wildman–Crippen LogP) is -1.84. The maximum absolute atomic E-state index is 8.49. The van der Waals surface area contributed by atoms with Gasteiger partial charge in [0.1, 0.15) is 0 Å². The van der Waals surface area contributed by atoms with Crippen LogP contribution in [0.25, 0.3) is 0 Å². The van der Waals surface area contributed by atoms with Crippen LogP contribution in [-0.2, 0) is 0 Å². The fourth-order valence-corrected chi connectivity index (χ4v) is 3.88. The topological polar surface area (TPSA) is 92.2 Å². The van der Waals surface area contributed by atoms with E-state index in [1.807, 2.05) is 0 Å². The minimum atomic E-state index is -4.94. The van der Waals surface area contributed by atoms with E-state index in [1.165, 1.54) is 10.6 Å². The van der Waals surface area contributed by atoms with Crippen molar-refractivity contribution in [2.75, 3.05) is 13.3 Å². The molecule has 0 heterocycles. The molecule has 0 fully saturated rings. The Hall–Kier alpha value is -1.00. The van der Waals surface area contributed by atoms with E-state index >= 15 is 0 Å². The van der Waals surface area contributed by atoms with Crippen molar-refractivity contribution in [1.82, 2.24) is 0 Å². The van der Waals surface area contributed by atoms with Gasteiger partial charge in [-0.1, -0.05) is 36.4 Å². The Morgan fingerprint density at radius 2 is 0.900 bits per heavy atom. The van der Waals surface area contributed by atoms with Crippen LogP contribution in [0.1, 0.15) is 0 Å². The molecule has 20 heavy (non-hydrogen) atoms. The molecule has 6 heteroatoms. The molecule has 4 nitrogen and oxygen atoms in total. The van der Waals surface area contributed by atoms with E-state index in [2.05, 4.69) is 74.0 Å². The van der Waals surface area contributed by atoms with Gasteiger partial charge in [0.2, 0.25) is 0 Å². The minimum Gasteiger partial charge on any atom is -0.222 e. The van der Waals surface area contributed by atoms with Gasteiger partial charge in [-0.15, -0.1) is 10.2 Å². The van der Waals surface area contributed by atoms with Crippen molar-refractivity contribution in [2.24, 2.45) is 0 Å². The summed E-state index contributed by atoms with van der Waals surface area (Å²) in [6.07, 6.45) is 0. The van der Waals surface area contributed by atoms with Gasteiger partial charge in [0.15, 0.2) is 0 Å². The standard InChI is InChI=1S/C14H16P.ClHO4/c1-15(2,13-9-5-3-6-10-13)14-11-7-4-8-12-14;2-1(3,4)5/h3-12H,1-2H3;(H,2,3,4,5)/q+1;/p-1. The van der Waals surface area contributed by atoms with Crippen LogP contribution in [0.3, 0.4) is 0 Å². The molecule has 0 aromatic heterocycles. The number of hydrogen-bond acceptors (Lipinski definition) is 4. The van der Waals surface area contributed by atoms with Crippen LogP contribution in [-0.4, -0.2) is 13.3 Å². The SMILES string of the molecule is C[P+](C)(c1ccccc1)c1ccccc1.[O-][Cl+3]([O-])([O-])[O-]. The lowest BCUT2D eigenvalue weighted by Crippen LogP contribution is -2.68. The van der Waals surface area contributed by atoms with Gasteiger partial charge in [0.25, 0.3) is 0 Å². The van der Waals surface area contributed by atoms with Crippen LogP contribution < -0.4 is 29.2 Å². The Labute approximate surface area is 121 Å². The molecule has 0 radical (unpaired) electrons. The van der Waals surface area contributed by atoms with Gasteiger partial charge in [0.05, 0.1) is 31.2 Å². The molecule has 0 aliphatic rings. The minimum absolute atomic E-state index is 1.15. The second-order valence-corrected chi connectivity index (χ2v) is 9.20. The highest BCUT2D eigenvalue weighted by Gasteiger charge is 2.30. The van der Waals surface area contributed by atoms with Gasteiger partial charge in [-0.05, 0) is 24.3 Å². The lowest BCUT2D eigenvalue weighted by molar-refractivity contribution is -2.00. The molecule has 0 bridgehead atoms. The van der Waals surface area contributed by atoms with Gasteiger partial charge >= 0.3 is 0 Å². The first-order valence-electron chi connectivity index (χ1n) is 5.78. The third-order valence-electron chi connectivity index (χ3n) is 2.80. The zero-order chi connectivity index (χ0) is 15.2. The first-order chi connectivity index (χ1) is 9.21. The highest BCUT2D eigenvalue weighted by molar-refractivity contribution is 7.88. The van der Waals surface area contributed by atoms with E-state index in [0.29, 0.717) is 0 Å². The molecular formula is C14H16ClO4P. The van der Waals surface area contributed by atoms with E-state index in [0.717, 1.165) is 0 Å². The van der Waals surface area contributed by atoms with Gasteiger partial charge < -0.3 is 0 Å². The molecule has 0 spiro atoms. The van der Waals surface area contributed by atoms with Crippen molar-refractivity contribution in [2.45, 2.75) is 0 Å². The van der Waals surface area contributed by atoms with Gasteiger partial charge in [0, 0.05) is 0 Å². The molecule has 0 N–H and O–H groups in total. The Bertz CT molecular complexity index is 464. The summed E-state index contributed by atoms with van der Waals surface area (Å²) >= 11 is 0. The summed E-state index contributed by atoms with van der Waals surface area (Å²) in [5.41, 5.74) is 0. The Kier molecular flexibility index (Phi) is 6.08. The Morgan fingerprint density at radius 3 is 1.15 bits per heavy atom. The van der Waals surface area contributed by atoms with Crippen LogP contribution in [0.15, 0.2) is 60.7 Å². The molecule has 0 saturated carbocycles. The van der Waals surface area contributed by atoms with Crippen molar-refractivity contribution in [3.63, 3.8) is 0 Å². The summed E-state index contributed by atoms with van der Waals surface area (Å²) in [5, 5.41) is 2.94. The van der Waals surface area contributed by atoms with Gasteiger partial charge in [-0.25, -0.2) is 18.6 Å². The summed E-state index contributed by atoms with van der Waals surface area (Å²) in [5.74, 6) is 0. The molecule has 0 amide bonds. The summed E-state index contributed by atoms with van der Waals surface area (Å²) in [6, 6.07) is 21.6. The second-order valence-electron chi connectivity index (χ2n) is 4.50. The molecule has 108 valence electrons. The van der Waals surface area contributed by atoms with E-state index in [4.69, 9.17) is 18.6 Å². The van der Waals surface area contributed by atoms with Crippen LogP contribution in [0.2, 0.25) is 0 Å². The zero-order valence-corrected chi connectivity index (χ0v) is 12.9. The number of rotatable bonds is 2. The van der Waals surface area contributed by atoms with Crippen LogP contribution >= 0.6 is 7.26 Å². The summed E-state index contributed by atoms with van der Waals surface area (Å²) in [4.78, 5) is 0. The average molecular weight is 315 g/mol. The van der Waals surface area contributed by atoms with E-state index in [9.17, 15) is 0 Å². The fourth-order valence-electron chi connectivity index (χ4n) is 1.75. The highest BCUT2D eigenvalue weighted by Crippen LogP contribution is 2.48. The predicted molar refractivity (Wildman–Crippen MR) is 70.9 cm³/mol. The monoisotopic (exact) mass is 314 g/mol. The Balaban J connectivity index is 0.000000347. The van der Waals surface area contributed by atoms with Crippen LogP contribution in [0, 0.1) is 10.2 Å². The van der Waals surface area contributed by atoms with Crippen LogP contribution in [0.5, 0.6) is 0 Å². The molecule has 0 atom stereocenters. The normalized spacial score (nSPS) is 11.5. The van der Waals surface area contributed by atoms with E-state index in [-0.39, 0.29) is 0 Å². The second kappa shape index (κ2) is 7.14. The maximum Gasteiger partial charge on any atom is 0.0985 e. The lowest BCUT2D eigenvalue weighted by Gasteiger charge is -2.17. The van der Waals surface area contributed by atoms with Crippen molar-refractivity contribution < 1.29 is 28.9 Å². The third-order valence-corrected chi connectivity index (χ3v) is 5.98. The molecule has 0 aliphatic heterocycles. The maximum atomic E-state index is 8.49.